The Hall–Kier alpha value is -0.930. The summed E-state index contributed by atoms with van der Waals surface area (Å²) in [7, 11) is 0. The number of hydrogen-bond acceptors (Lipinski definition) is 3. The molecule has 0 amide bonds. The maximum Gasteiger partial charge on any atom is 0.0954 e. The lowest BCUT2D eigenvalue weighted by Gasteiger charge is -2.09. The van der Waals surface area contributed by atoms with Gasteiger partial charge in [-0.2, -0.15) is 0 Å². The standard InChI is InChI=1S/C16H24N2S/c1-2-3-4-5-6-9-13(17)12-16-18-14-10-7-8-11-15(14)19-16/h7-8,10-11,13H,2-6,9,12,17H2,1H3. The van der Waals surface area contributed by atoms with Gasteiger partial charge in [-0.1, -0.05) is 51.2 Å². The van der Waals surface area contributed by atoms with Crippen molar-refractivity contribution in [2.75, 3.05) is 0 Å². The number of benzene rings is 1. The van der Waals surface area contributed by atoms with Crippen LogP contribution in [0.5, 0.6) is 0 Å². The van der Waals surface area contributed by atoms with Gasteiger partial charge in [0.05, 0.1) is 15.2 Å². The van der Waals surface area contributed by atoms with E-state index in [1.54, 1.807) is 11.3 Å². The summed E-state index contributed by atoms with van der Waals surface area (Å²) in [5.74, 6) is 0. The number of unbranched alkanes of at least 4 members (excludes halogenated alkanes) is 4. The van der Waals surface area contributed by atoms with E-state index in [-0.39, 0.29) is 6.04 Å². The molecule has 0 aliphatic rings. The number of hydrogen-bond donors (Lipinski definition) is 1. The van der Waals surface area contributed by atoms with Crippen LogP contribution < -0.4 is 5.73 Å². The zero-order valence-corrected chi connectivity index (χ0v) is 12.6. The van der Waals surface area contributed by atoms with Gasteiger partial charge in [0.15, 0.2) is 0 Å². The Morgan fingerprint density at radius 1 is 1.16 bits per heavy atom. The third-order valence-corrected chi connectivity index (χ3v) is 4.51. The lowest BCUT2D eigenvalue weighted by molar-refractivity contribution is 0.538. The first-order chi connectivity index (χ1) is 9.29. The van der Waals surface area contributed by atoms with Crippen LogP contribution in [0.3, 0.4) is 0 Å². The number of fused-ring (bicyclic) bond motifs is 1. The topological polar surface area (TPSA) is 38.9 Å². The summed E-state index contributed by atoms with van der Waals surface area (Å²) in [5, 5.41) is 1.18. The Morgan fingerprint density at radius 2 is 1.95 bits per heavy atom. The second-order valence-electron chi connectivity index (χ2n) is 5.24. The Morgan fingerprint density at radius 3 is 2.74 bits per heavy atom. The van der Waals surface area contributed by atoms with Crippen molar-refractivity contribution in [2.24, 2.45) is 5.73 Å². The first-order valence-corrected chi connectivity index (χ1v) is 8.21. The molecule has 1 atom stereocenters. The van der Waals surface area contributed by atoms with Crippen molar-refractivity contribution in [1.29, 1.82) is 0 Å². The third kappa shape index (κ3) is 4.59. The molecule has 1 aromatic carbocycles. The van der Waals surface area contributed by atoms with Crippen LogP contribution in [0.15, 0.2) is 24.3 Å². The number of aromatic nitrogens is 1. The second-order valence-corrected chi connectivity index (χ2v) is 6.36. The molecule has 2 N–H and O–H groups in total. The number of para-hydroxylation sites is 1. The van der Waals surface area contributed by atoms with E-state index in [2.05, 4.69) is 30.1 Å². The van der Waals surface area contributed by atoms with Crippen molar-refractivity contribution in [3.05, 3.63) is 29.3 Å². The van der Waals surface area contributed by atoms with E-state index in [4.69, 9.17) is 5.73 Å². The minimum absolute atomic E-state index is 0.266. The van der Waals surface area contributed by atoms with Gasteiger partial charge in [-0.05, 0) is 18.6 Å². The van der Waals surface area contributed by atoms with Crippen molar-refractivity contribution in [1.82, 2.24) is 4.98 Å². The van der Waals surface area contributed by atoms with Crippen LogP contribution in [0, 0.1) is 0 Å². The van der Waals surface area contributed by atoms with E-state index in [0.29, 0.717) is 0 Å². The van der Waals surface area contributed by atoms with Crippen molar-refractivity contribution in [3.8, 4) is 0 Å². The molecule has 0 aliphatic carbocycles. The van der Waals surface area contributed by atoms with Crippen molar-refractivity contribution < 1.29 is 0 Å². The molecule has 1 unspecified atom stereocenters. The summed E-state index contributed by atoms with van der Waals surface area (Å²) in [4.78, 5) is 4.65. The van der Waals surface area contributed by atoms with Crippen LogP contribution in [0.4, 0.5) is 0 Å². The molecule has 0 radical (unpaired) electrons. The lowest BCUT2D eigenvalue weighted by Crippen LogP contribution is -2.22. The Kier molecular flexibility index (Phi) is 5.80. The van der Waals surface area contributed by atoms with Gasteiger partial charge in [-0.15, -0.1) is 11.3 Å². The molecule has 2 rings (SSSR count). The highest BCUT2D eigenvalue weighted by atomic mass is 32.1. The molecule has 19 heavy (non-hydrogen) atoms. The molecule has 3 heteroatoms. The number of nitrogens with zero attached hydrogens (tertiary/aromatic N) is 1. The summed E-state index contributed by atoms with van der Waals surface area (Å²) in [6.07, 6.45) is 8.63. The van der Waals surface area contributed by atoms with Gasteiger partial charge < -0.3 is 5.73 Å². The highest BCUT2D eigenvalue weighted by molar-refractivity contribution is 7.18. The minimum Gasteiger partial charge on any atom is -0.327 e. The molecule has 104 valence electrons. The van der Waals surface area contributed by atoms with Crippen LogP contribution in [-0.4, -0.2) is 11.0 Å². The smallest absolute Gasteiger partial charge is 0.0954 e. The predicted octanol–water partition coefficient (Wildman–Crippen LogP) is 4.53. The fourth-order valence-electron chi connectivity index (χ4n) is 2.34. The normalized spacial score (nSPS) is 12.9. The predicted molar refractivity (Wildman–Crippen MR) is 84.7 cm³/mol. The molecule has 2 nitrogen and oxygen atoms in total. The van der Waals surface area contributed by atoms with E-state index in [9.17, 15) is 0 Å². The second kappa shape index (κ2) is 7.61. The Bertz CT molecular complexity index is 459. The maximum atomic E-state index is 6.21. The van der Waals surface area contributed by atoms with Crippen molar-refractivity contribution in [3.63, 3.8) is 0 Å². The van der Waals surface area contributed by atoms with E-state index < -0.39 is 0 Å². The maximum absolute atomic E-state index is 6.21. The minimum atomic E-state index is 0.266. The van der Waals surface area contributed by atoms with Crippen molar-refractivity contribution in [2.45, 2.75) is 57.9 Å². The van der Waals surface area contributed by atoms with Gasteiger partial charge in [-0.3, -0.25) is 0 Å². The number of rotatable bonds is 8. The zero-order valence-electron chi connectivity index (χ0n) is 11.8. The molecule has 0 fully saturated rings. The molecule has 0 saturated carbocycles. The van der Waals surface area contributed by atoms with Gasteiger partial charge in [0, 0.05) is 12.5 Å². The molecule has 0 bridgehead atoms. The Balaban J connectivity index is 1.76. The van der Waals surface area contributed by atoms with E-state index in [1.807, 2.05) is 6.07 Å². The molecule has 0 saturated heterocycles. The average Bonchev–Trinajstić information content (AvgIpc) is 2.80. The highest BCUT2D eigenvalue weighted by Crippen LogP contribution is 2.22. The van der Waals surface area contributed by atoms with Gasteiger partial charge in [-0.25, -0.2) is 4.98 Å². The van der Waals surface area contributed by atoms with Gasteiger partial charge >= 0.3 is 0 Å². The molecule has 1 heterocycles. The highest BCUT2D eigenvalue weighted by Gasteiger charge is 2.08. The quantitative estimate of drug-likeness (QED) is 0.720. The molecule has 2 aromatic rings. The average molecular weight is 276 g/mol. The number of thiazole rings is 1. The monoisotopic (exact) mass is 276 g/mol. The van der Waals surface area contributed by atoms with Gasteiger partial charge in [0.1, 0.15) is 0 Å². The zero-order chi connectivity index (χ0) is 13.5. The Labute approximate surface area is 120 Å². The largest absolute Gasteiger partial charge is 0.327 e. The molecular formula is C16H24N2S. The van der Waals surface area contributed by atoms with Crippen LogP contribution in [0.1, 0.15) is 50.5 Å². The first kappa shape index (κ1) is 14.5. The van der Waals surface area contributed by atoms with Gasteiger partial charge in [0.25, 0.3) is 0 Å². The van der Waals surface area contributed by atoms with E-state index in [1.165, 1.54) is 41.8 Å². The summed E-state index contributed by atoms with van der Waals surface area (Å²) in [6.45, 7) is 2.25. The summed E-state index contributed by atoms with van der Waals surface area (Å²) < 4.78 is 1.27. The summed E-state index contributed by atoms with van der Waals surface area (Å²) in [5.41, 5.74) is 7.32. The van der Waals surface area contributed by atoms with E-state index in [0.717, 1.165) is 18.4 Å². The summed E-state index contributed by atoms with van der Waals surface area (Å²) >= 11 is 1.78. The van der Waals surface area contributed by atoms with E-state index >= 15 is 0 Å². The SMILES string of the molecule is CCCCCCCC(N)Cc1nc2ccccc2s1. The molecule has 1 aromatic heterocycles. The van der Waals surface area contributed by atoms with Crippen LogP contribution in [0.2, 0.25) is 0 Å². The molecule has 0 aliphatic heterocycles. The number of nitrogens with two attached hydrogens (primary N) is 1. The fraction of sp³-hybridized carbons (Fsp3) is 0.562. The van der Waals surface area contributed by atoms with Crippen molar-refractivity contribution >= 4 is 21.6 Å². The van der Waals surface area contributed by atoms with Crippen LogP contribution in [-0.2, 0) is 6.42 Å². The molecular weight excluding hydrogens is 252 g/mol. The lowest BCUT2D eigenvalue weighted by atomic mass is 10.1. The fourth-order valence-corrected chi connectivity index (χ4v) is 3.40. The van der Waals surface area contributed by atoms with Crippen LogP contribution in [0.25, 0.3) is 10.2 Å². The van der Waals surface area contributed by atoms with Gasteiger partial charge in [0.2, 0.25) is 0 Å². The first-order valence-electron chi connectivity index (χ1n) is 7.39. The summed E-state index contributed by atoms with van der Waals surface area (Å²) in [6, 6.07) is 8.58. The third-order valence-electron chi connectivity index (χ3n) is 3.45. The van der Waals surface area contributed by atoms with Crippen LogP contribution >= 0.6 is 11.3 Å². The molecule has 0 spiro atoms.